The molecule has 0 aliphatic carbocycles. The topological polar surface area (TPSA) is 20.2 Å². The summed E-state index contributed by atoms with van der Waals surface area (Å²) in [6.07, 6.45) is 2.98. The third kappa shape index (κ3) is 3.31. The minimum Gasteiger partial charge on any atom is -0.396 e. The van der Waals surface area contributed by atoms with Crippen LogP contribution in [-0.2, 0) is 0 Å². The van der Waals surface area contributed by atoms with Gasteiger partial charge >= 0.3 is 0 Å². The molecule has 0 saturated carbocycles. The van der Waals surface area contributed by atoms with Crippen LogP contribution in [0.4, 0.5) is 0 Å². The van der Waals surface area contributed by atoms with E-state index in [-0.39, 0.29) is 0 Å². The molecular formula is C8H16O. The first kappa shape index (κ1) is 8.70. The number of hydrogen-bond acceptors (Lipinski definition) is 1. The summed E-state index contributed by atoms with van der Waals surface area (Å²) in [5, 5.41) is 8.55. The molecule has 1 nitrogen and oxygen atoms in total. The Morgan fingerprint density at radius 1 is 1.67 bits per heavy atom. The van der Waals surface area contributed by atoms with Gasteiger partial charge in [0.1, 0.15) is 0 Å². The van der Waals surface area contributed by atoms with Gasteiger partial charge in [0, 0.05) is 6.61 Å². The second-order valence-electron chi connectivity index (χ2n) is 2.45. The average Bonchev–Trinajstić information content (AvgIpc) is 1.87. The number of aliphatic hydroxyl groups excluding tert-OH is 1. The lowest BCUT2D eigenvalue weighted by atomic mass is 10.00. The quantitative estimate of drug-likeness (QED) is 0.576. The normalized spacial score (nSPS) is 15.8. The fourth-order valence-electron chi connectivity index (χ4n) is 0.706. The predicted molar refractivity (Wildman–Crippen MR) is 40.3 cm³/mol. The predicted octanol–water partition coefficient (Wildman–Crippen LogP) is 1.97. The van der Waals surface area contributed by atoms with E-state index in [0.29, 0.717) is 12.5 Å². The van der Waals surface area contributed by atoms with E-state index in [2.05, 4.69) is 19.9 Å². The second kappa shape index (κ2) is 4.57. The van der Waals surface area contributed by atoms with Gasteiger partial charge in [0.2, 0.25) is 0 Å². The van der Waals surface area contributed by atoms with Crippen molar-refractivity contribution in [1.82, 2.24) is 0 Å². The molecule has 0 aromatic rings. The Balaban J connectivity index is 3.59. The second-order valence-corrected chi connectivity index (χ2v) is 2.45. The zero-order valence-corrected chi connectivity index (χ0v) is 6.52. The lowest BCUT2D eigenvalue weighted by molar-refractivity contribution is 0.271. The molecule has 0 rings (SSSR count). The largest absolute Gasteiger partial charge is 0.396 e. The molecular weight excluding hydrogens is 112 g/mol. The number of allylic oxidation sites excluding steroid dienone is 2. The van der Waals surface area contributed by atoms with Crippen LogP contribution in [0.2, 0.25) is 0 Å². The highest BCUT2D eigenvalue weighted by atomic mass is 16.3. The van der Waals surface area contributed by atoms with Gasteiger partial charge in [-0.25, -0.2) is 0 Å². The maximum Gasteiger partial charge on any atom is 0.0436 e. The van der Waals surface area contributed by atoms with Gasteiger partial charge in [-0.2, -0.15) is 0 Å². The standard InChI is InChI=1S/C8H16O/c1-4-7(2)8(3)5-6-9/h4,8-9H,5-6H2,1-3H3. The molecule has 0 heterocycles. The highest BCUT2D eigenvalue weighted by Crippen LogP contribution is 2.11. The smallest absolute Gasteiger partial charge is 0.0436 e. The molecule has 1 N–H and O–H groups in total. The van der Waals surface area contributed by atoms with Gasteiger partial charge in [-0.15, -0.1) is 0 Å². The minimum atomic E-state index is 0.298. The van der Waals surface area contributed by atoms with E-state index in [1.807, 2.05) is 6.92 Å². The zero-order valence-electron chi connectivity index (χ0n) is 6.52. The first-order valence-corrected chi connectivity index (χ1v) is 3.46. The van der Waals surface area contributed by atoms with Gasteiger partial charge in [-0.1, -0.05) is 18.6 Å². The molecule has 0 radical (unpaired) electrons. The highest BCUT2D eigenvalue weighted by molar-refractivity contribution is 4.99. The molecule has 0 saturated heterocycles. The highest BCUT2D eigenvalue weighted by Gasteiger charge is 2.00. The molecule has 0 aliphatic heterocycles. The number of hydrogen-bond donors (Lipinski definition) is 1. The Hall–Kier alpha value is -0.300. The Bertz CT molecular complexity index is 94.7. The van der Waals surface area contributed by atoms with Crippen LogP contribution in [0.25, 0.3) is 0 Å². The Morgan fingerprint density at radius 2 is 2.22 bits per heavy atom. The van der Waals surface area contributed by atoms with Crippen molar-refractivity contribution in [1.29, 1.82) is 0 Å². The summed E-state index contributed by atoms with van der Waals surface area (Å²) in [4.78, 5) is 0. The lowest BCUT2D eigenvalue weighted by Crippen LogP contribution is -1.98. The van der Waals surface area contributed by atoms with Crippen molar-refractivity contribution in [2.24, 2.45) is 5.92 Å². The molecule has 0 aromatic heterocycles. The van der Waals surface area contributed by atoms with Crippen molar-refractivity contribution in [2.75, 3.05) is 6.61 Å². The van der Waals surface area contributed by atoms with Crippen LogP contribution < -0.4 is 0 Å². The third-order valence-electron chi connectivity index (χ3n) is 1.79. The SMILES string of the molecule is CC=C(C)C(C)CCO. The minimum absolute atomic E-state index is 0.298. The molecule has 0 spiro atoms. The van der Waals surface area contributed by atoms with E-state index in [1.54, 1.807) is 0 Å². The summed E-state index contributed by atoms with van der Waals surface area (Å²) < 4.78 is 0. The molecule has 0 fully saturated rings. The van der Waals surface area contributed by atoms with Crippen molar-refractivity contribution in [2.45, 2.75) is 27.2 Å². The first-order valence-electron chi connectivity index (χ1n) is 3.46. The van der Waals surface area contributed by atoms with Gasteiger partial charge in [0.05, 0.1) is 0 Å². The van der Waals surface area contributed by atoms with E-state index in [0.717, 1.165) is 6.42 Å². The summed E-state index contributed by atoms with van der Waals surface area (Å²) in [7, 11) is 0. The van der Waals surface area contributed by atoms with Crippen LogP contribution in [-0.4, -0.2) is 11.7 Å². The van der Waals surface area contributed by atoms with E-state index < -0.39 is 0 Å². The van der Waals surface area contributed by atoms with Gasteiger partial charge in [0.15, 0.2) is 0 Å². The van der Waals surface area contributed by atoms with Crippen LogP contribution in [0.1, 0.15) is 27.2 Å². The van der Waals surface area contributed by atoms with Crippen LogP contribution in [0.15, 0.2) is 11.6 Å². The van der Waals surface area contributed by atoms with Crippen LogP contribution in [0.5, 0.6) is 0 Å². The van der Waals surface area contributed by atoms with Gasteiger partial charge in [0.25, 0.3) is 0 Å². The molecule has 0 bridgehead atoms. The number of aliphatic hydroxyl groups is 1. The Kier molecular flexibility index (Phi) is 4.41. The molecule has 9 heavy (non-hydrogen) atoms. The first-order chi connectivity index (χ1) is 4.22. The van der Waals surface area contributed by atoms with E-state index >= 15 is 0 Å². The Labute approximate surface area is 57.4 Å². The monoisotopic (exact) mass is 128 g/mol. The van der Waals surface area contributed by atoms with Crippen molar-refractivity contribution in [3.8, 4) is 0 Å². The maximum atomic E-state index is 8.55. The summed E-state index contributed by atoms with van der Waals surface area (Å²) in [6, 6.07) is 0. The van der Waals surface area contributed by atoms with Gasteiger partial charge < -0.3 is 5.11 Å². The summed E-state index contributed by atoms with van der Waals surface area (Å²) in [5.41, 5.74) is 1.36. The summed E-state index contributed by atoms with van der Waals surface area (Å²) in [5.74, 6) is 0.542. The Morgan fingerprint density at radius 3 is 2.56 bits per heavy atom. The van der Waals surface area contributed by atoms with Crippen molar-refractivity contribution >= 4 is 0 Å². The van der Waals surface area contributed by atoms with Crippen molar-refractivity contribution in [3.05, 3.63) is 11.6 Å². The zero-order chi connectivity index (χ0) is 7.28. The van der Waals surface area contributed by atoms with E-state index in [4.69, 9.17) is 5.11 Å². The molecule has 0 amide bonds. The fourth-order valence-corrected chi connectivity index (χ4v) is 0.706. The molecule has 0 aliphatic rings. The maximum absolute atomic E-state index is 8.55. The van der Waals surface area contributed by atoms with Gasteiger partial charge in [-0.05, 0) is 26.2 Å². The van der Waals surface area contributed by atoms with E-state index in [9.17, 15) is 0 Å². The fraction of sp³-hybridized carbons (Fsp3) is 0.750. The molecule has 1 atom stereocenters. The third-order valence-corrected chi connectivity index (χ3v) is 1.79. The van der Waals surface area contributed by atoms with Gasteiger partial charge in [-0.3, -0.25) is 0 Å². The molecule has 54 valence electrons. The number of rotatable bonds is 3. The van der Waals surface area contributed by atoms with Crippen molar-refractivity contribution in [3.63, 3.8) is 0 Å². The average molecular weight is 128 g/mol. The summed E-state index contributed by atoms with van der Waals surface area (Å²) >= 11 is 0. The molecule has 1 heteroatoms. The van der Waals surface area contributed by atoms with Crippen LogP contribution in [0.3, 0.4) is 0 Å². The summed E-state index contributed by atoms with van der Waals surface area (Å²) in [6.45, 7) is 6.56. The van der Waals surface area contributed by atoms with Crippen molar-refractivity contribution < 1.29 is 5.11 Å². The lowest BCUT2D eigenvalue weighted by Gasteiger charge is -2.08. The van der Waals surface area contributed by atoms with Crippen LogP contribution in [0, 0.1) is 5.92 Å². The molecule has 1 unspecified atom stereocenters. The van der Waals surface area contributed by atoms with Crippen LogP contribution >= 0.6 is 0 Å². The molecule has 0 aromatic carbocycles. The van der Waals surface area contributed by atoms with E-state index in [1.165, 1.54) is 5.57 Å².